The number of carbonyl (C=O) groups is 2. The van der Waals surface area contributed by atoms with Crippen molar-refractivity contribution < 1.29 is 9.59 Å². The number of aryl methyl sites for hydroxylation is 2. The van der Waals surface area contributed by atoms with Crippen molar-refractivity contribution >= 4 is 57.5 Å². The molecule has 1 N–H and O–H groups in total. The maximum atomic E-state index is 12.9. The van der Waals surface area contributed by atoms with Crippen LogP contribution in [0.25, 0.3) is 22.2 Å². The summed E-state index contributed by atoms with van der Waals surface area (Å²) in [4.78, 5) is 33.1. The van der Waals surface area contributed by atoms with Gasteiger partial charge in [-0.1, -0.05) is 47.5 Å². The number of nitriles is 1. The summed E-state index contributed by atoms with van der Waals surface area (Å²) < 4.78 is 9.00. The SMILES string of the molecule is CC1=C(C#N)C(=O)N(C)C(=O)C1Nc1ncc(-c2ccc(N(c3ccc(C)cc3)c3ccc(C)cc3)cc2)c2nsnc12. The van der Waals surface area contributed by atoms with E-state index < -0.39 is 17.9 Å². The molecule has 0 fully saturated rings. The predicted octanol–water partition coefficient (Wildman–Crippen LogP) is 6.46. The monoisotopic (exact) mass is 585 g/mol. The molecule has 2 amide bonds. The Morgan fingerprint density at radius 2 is 1.37 bits per heavy atom. The molecule has 0 bridgehead atoms. The molecule has 1 aliphatic heterocycles. The molecule has 0 spiro atoms. The minimum atomic E-state index is -0.922. The van der Waals surface area contributed by atoms with Gasteiger partial charge in [-0.15, -0.1) is 0 Å². The standard InChI is InChI=1S/C33H27N7O2S/c1-19-5-11-23(12-6-19)40(24-13-7-20(2)8-14-24)25-15-9-22(10-16-25)27-18-35-31(30-29(27)37-43-38-30)36-28-21(3)26(17-34)32(41)39(4)33(28)42/h5-16,18,28H,1-4H3,(H,35,36). The molecular formula is C33H27N7O2S. The number of pyridine rings is 1. The number of benzene rings is 3. The van der Waals surface area contributed by atoms with Gasteiger partial charge in [-0.3, -0.25) is 14.5 Å². The van der Waals surface area contributed by atoms with Gasteiger partial charge in [0.25, 0.3) is 11.8 Å². The fraction of sp³-hybridized carbons (Fsp3) is 0.152. The van der Waals surface area contributed by atoms with E-state index in [0.29, 0.717) is 22.4 Å². The van der Waals surface area contributed by atoms with Gasteiger partial charge in [-0.2, -0.15) is 14.0 Å². The third-order valence-electron chi connectivity index (χ3n) is 7.63. The molecule has 3 heterocycles. The number of amides is 2. The minimum absolute atomic E-state index is 0.0609. The molecule has 1 unspecified atom stereocenters. The highest BCUT2D eigenvalue weighted by atomic mass is 32.1. The van der Waals surface area contributed by atoms with Crippen molar-refractivity contribution in [3.63, 3.8) is 0 Å². The average molecular weight is 586 g/mol. The summed E-state index contributed by atoms with van der Waals surface area (Å²) in [6.45, 7) is 5.75. The first-order valence-corrected chi connectivity index (χ1v) is 14.3. The summed E-state index contributed by atoms with van der Waals surface area (Å²) in [6.07, 6.45) is 1.70. The maximum absolute atomic E-state index is 12.9. The van der Waals surface area contributed by atoms with Gasteiger partial charge in [0, 0.05) is 35.9 Å². The molecule has 1 aliphatic rings. The van der Waals surface area contributed by atoms with Crippen LogP contribution >= 0.6 is 11.7 Å². The molecule has 10 heteroatoms. The fourth-order valence-corrected chi connectivity index (χ4v) is 5.68. The lowest BCUT2D eigenvalue weighted by molar-refractivity contribution is -0.141. The van der Waals surface area contributed by atoms with Crippen LogP contribution in [0, 0.1) is 25.2 Å². The number of fused-ring (bicyclic) bond motifs is 1. The number of nitrogens with one attached hydrogen (secondary N) is 1. The van der Waals surface area contributed by atoms with E-state index in [9.17, 15) is 14.9 Å². The minimum Gasteiger partial charge on any atom is -0.353 e. The highest BCUT2D eigenvalue weighted by Gasteiger charge is 2.37. The predicted molar refractivity (Wildman–Crippen MR) is 168 cm³/mol. The molecule has 0 saturated heterocycles. The molecule has 6 rings (SSSR count). The number of hydrogen-bond acceptors (Lipinski definition) is 9. The lowest BCUT2D eigenvalue weighted by atomic mass is 9.96. The van der Waals surface area contributed by atoms with Crippen LogP contribution in [0.2, 0.25) is 0 Å². The van der Waals surface area contributed by atoms with E-state index >= 15 is 0 Å². The largest absolute Gasteiger partial charge is 0.353 e. The number of likely N-dealkylation sites (N-methyl/N-ethyl adjacent to an activating group) is 1. The summed E-state index contributed by atoms with van der Waals surface area (Å²) in [5.41, 5.74) is 8.64. The van der Waals surface area contributed by atoms with Crippen LogP contribution in [-0.2, 0) is 9.59 Å². The summed E-state index contributed by atoms with van der Waals surface area (Å²) in [5.74, 6) is -0.726. The van der Waals surface area contributed by atoms with E-state index in [1.165, 1.54) is 18.2 Å². The molecule has 0 radical (unpaired) electrons. The van der Waals surface area contributed by atoms with Gasteiger partial charge in [0.05, 0.1) is 11.7 Å². The number of hydrogen-bond donors (Lipinski definition) is 1. The van der Waals surface area contributed by atoms with E-state index in [1.807, 2.05) is 18.2 Å². The van der Waals surface area contributed by atoms with Crippen molar-refractivity contribution in [2.24, 2.45) is 0 Å². The third kappa shape index (κ3) is 5.00. The van der Waals surface area contributed by atoms with Gasteiger partial charge in [-0.05, 0) is 68.3 Å². The lowest BCUT2D eigenvalue weighted by Gasteiger charge is -2.29. The Hall–Kier alpha value is -5.40. The van der Waals surface area contributed by atoms with Gasteiger partial charge in [-0.25, -0.2) is 4.98 Å². The number of anilines is 4. The number of aromatic nitrogens is 3. The quantitative estimate of drug-likeness (QED) is 0.226. The maximum Gasteiger partial charge on any atom is 0.270 e. The van der Waals surface area contributed by atoms with E-state index in [1.54, 1.807) is 13.1 Å². The number of carbonyl (C=O) groups excluding carboxylic acids is 2. The van der Waals surface area contributed by atoms with Crippen LogP contribution in [0.3, 0.4) is 0 Å². The second kappa shape index (κ2) is 11.1. The van der Waals surface area contributed by atoms with E-state index in [-0.39, 0.29) is 5.57 Å². The molecule has 212 valence electrons. The van der Waals surface area contributed by atoms with Gasteiger partial charge in [0.2, 0.25) is 0 Å². The van der Waals surface area contributed by atoms with Gasteiger partial charge in [0.1, 0.15) is 28.7 Å². The van der Waals surface area contributed by atoms with Crippen molar-refractivity contribution in [1.29, 1.82) is 5.26 Å². The first-order chi connectivity index (χ1) is 20.8. The van der Waals surface area contributed by atoms with Crippen molar-refractivity contribution in [3.8, 4) is 17.2 Å². The van der Waals surface area contributed by atoms with Crippen LogP contribution in [0.4, 0.5) is 22.9 Å². The van der Waals surface area contributed by atoms with Crippen LogP contribution in [0.1, 0.15) is 18.1 Å². The van der Waals surface area contributed by atoms with Gasteiger partial charge < -0.3 is 10.2 Å². The number of imide groups is 1. The lowest BCUT2D eigenvalue weighted by Crippen LogP contribution is -2.49. The Morgan fingerprint density at radius 3 is 1.93 bits per heavy atom. The normalized spacial score (nSPS) is 15.1. The number of rotatable bonds is 6. The molecule has 43 heavy (non-hydrogen) atoms. The highest BCUT2D eigenvalue weighted by Crippen LogP contribution is 2.37. The third-order valence-corrected chi connectivity index (χ3v) is 8.16. The Morgan fingerprint density at radius 1 is 0.837 bits per heavy atom. The topological polar surface area (TPSA) is 115 Å². The van der Waals surface area contributed by atoms with Crippen LogP contribution in [0.15, 0.2) is 90.1 Å². The highest BCUT2D eigenvalue weighted by molar-refractivity contribution is 7.00. The van der Waals surface area contributed by atoms with Crippen LogP contribution in [0.5, 0.6) is 0 Å². The first-order valence-electron chi connectivity index (χ1n) is 13.6. The van der Waals surface area contributed by atoms with Gasteiger partial charge >= 0.3 is 0 Å². The van der Waals surface area contributed by atoms with Crippen molar-refractivity contribution in [2.45, 2.75) is 26.8 Å². The smallest absolute Gasteiger partial charge is 0.270 e. The zero-order valence-electron chi connectivity index (χ0n) is 24.0. The summed E-state index contributed by atoms with van der Waals surface area (Å²) in [5, 5.41) is 12.6. The zero-order valence-corrected chi connectivity index (χ0v) is 24.8. The van der Waals surface area contributed by atoms with E-state index in [0.717, 1.165) is 44.8 Å². The van der Waals surface area contributed by atoms with Crippen LogP contribution < -0.4 is 10.2 Å². The summed E-state index contributed by atoms with van der Waals surface area (Å²) in [7, 11) is 1.36. The Balaban J connectivity index is 1.35. The zero-order chi connectivity index (χ0) is 30.2. The molecule has 2 aromatic heterocycles. The van der Waals surface area contributed by atoms with E-state index in [2.05, 4.69) is 98.5 Å². The molecular weight excluding hydrogens is 558 g/mol. The Bertz CT molecular complexity index is 1890. The molecule has 9 nitrogen and oxygen atoms in total. The molecule has 3 aromatic carbocycles. The van der Waals surface area contributed by atoms with Crippen molar-refractivity contribution in [1.82, 2.24) is 18.6 Å². The molecule has 5 aromatic rings. The average Bonchev–Trinajstić information content (AvgIpc) is 3.52. The van der Waals surface area contributed by atoms with Crippen molar-refractivity contribution in [3.05, 3.63) is 101 Å². The first kappa shape index (κ1) is 27.8. The van der Waals surface area contributed by atoms with Crippen LogP contribution in [-0.4, -0.2) is 43.5 Å². The van der Waals surface area contributed by atoms with E-state index in [4.69, 9.17) is 0 Å². The second-order valence-electron chi connectivity index (χ2n) is 10.5. The molecule has 0 aliphatic carbocycles. The Kier molecular flexibility index (Phi) is 7.17. The van der Waals surface area contributed by atoms with Gasteiger partial charge in [0.15, 0.2) is 5.82 Å². The summed E-state index contributed by atoms with van der Waals surface area (Å²) >= 11 is 1.05. The van der Waals surface area contributed by atoms with Crippen molar-refractivity contribution in [2.75, 3.05) is 17.3 Å². The molecule has 1 atom stereocenters. The number of nitrogens with zero attached hydrogens (tertiary/aromatic N) is 6. The fourth-order valence-electron chi connectivity index (χ4n) is 5.12. The molecule has 0 saturated carbocycles. The second-order valence-corrected chi connectivity index (χ2v) is 11.0. The Labute approximate surface area is 253 Å². The summed E-state index contributed by atoms with van der Waals surface area (Å²) in [6, 6.07) is 26.1.